The molecule has 7 heteroatoms. The molecule has 6 nitrogen and oxygen atoms in total. The maximum atomic E-state index is 11.3. The van der Waals surface area contributed by atoms with Gasteiger partial charge in [-0.3, -0.25) is 0 Å². The van der Waals surface area contributed by atoms with E-state index in [1.54, 1.807) is 17.0 Å². The lowest BCUT2D eigenvalue weighted by atomic mass is 9.82. The monoisotopic (exact) mass is 296 g/mol. The Morgan fingerprint density at radius 3 is 2.55 bits per heavy atom. The van der Waals surface area contributed by atoms with E-state index in [9.17, 15) is 9.90 Å². The second-order valence-corrected chi connectivity index (χ2v) is 5.87. The number of hydrogen-bond acceptors (Lipinski definition) is 4. The zero-order chi connectivity index (χ0) is 14.1. The molecule has 1 aromatic heterocycles. The van der Waals surface area contributed by atoms with Crippen molar-refractivity contribution in [3.8, 4) is 0 Å². The number of amides is 1. The molecule has 2 N–H and O–H groups in total. The summed E-state index contributed by atoms with van der Waals surface area (Å²) in [6.45, 7) is 0. The van der Waals surface area contributed by atoms with E-state index in [1.807, 2.05) is 0 Å². The van der Waals surface area contributed by atoms with Crippen LogP contribution in [0.25, 0.3) is 0 Å². The van der Waals surface area contributed by atoms with Gasteiger partial charge >= 0.3 is 6.09 Å². The van der Waals surface area contributed by atoms with Crippen molar-refractivity contribution < 1.29 is 9.90 Å². The van der Waals surface area contributed by atoms with Gasteiger partial charge in [0.2, 0.25) is 0 Å². The maximum Gasteiger partial charge on any atom is 0.407 e. The first-order valence-corrected chi connectivity index (χ1v) is 7.28. The minimum Gasteiger partial charge on any atom is -0.465 e. The van der Waals surface area contributed by atoms with Crippen LogP contribution in [0.5, 0.6) is 0 Å². The molecule has 0 aliphatic carbocycles. The second kappa shape index (κ2) is 5.44. The number of halogens is 1. The van der Waals surface area contributed by atoms with Crippen molar-refractivity contribution in [3.63, 3.8) is 0 Å². The van der Waals surface area contributed by atoms with Gasteiger partial charge < -0.3 is 15.3 Å². The average molecular weight is 297 g/mol. The van der Waals surface area contributed by atoms with Crippen molar-refractivity contribution in [1.29, 1.82) is 0 Å². The first kappa shape index (κ1) is 13.4. The molecule has 2 fully saturated rings. The first-order chi connectivity index (χ1) is 9.63. The summed E-state index contributed by atoms with van der Waals surface area (Å²) in [5, 5.41) is 20.8. The van der Waals surface area contributed by atoms with E-state index in [-0.39, 0.29) is 18.1 Å². The Hall–Kier alpha value is -1.56. The third-order valence-electron chi connectivity index (χ3n) is 4.18. The average Bonchev–Trinajstić information content (AvgIpc) is 2.40. The summed E-state index contributed by atoms with van der Waals surface area (Å²) in [7, 11) is 0. The summed E-state index contributed by atoms with van der Waals surface area (Å²) in [6.07, 6.45) is 3.89. The van der Waals surface area contributed by atoms with Gasteiger partial charge in [0.15, 0.2) is 5.15 Å². The zero-order valence-electron chi connectivity index (χ0n) is 11.0. The summed E-state index contributed by atoms with van der Waals surface area (Å²) in [4.78, 5) is 13.0. The van der Waals surface area contributed by atoms with Crippen LogP contribution < -0.4 is 5.32 Å². The van der Waals surface area contributed by atoms with Gasteiger partial charge in [0.1, 0.15) is 5.82 Å². The van der Waals surface area contributed by atoms with Gasteiger partial charge in [0.25, 0.3) is 0 Å². The Labute approximate surface area is 122 Å². The van der Waals surface area contributed by atoms with Crippen LogP contribution in [0, 0.1) is 0 Å². The number of carboxylic acid groups (broad SMARTS) is 1. The molecule has 0 radical (unpaired) electrons. The smallest absolute Gasteiger partial charge is 0.407 e. The maximum absolute atomic E-state index is 11.3. The predicted octanol–water partition coefficient (Wildman–Crippen LogP) is 2.61. The normalized spacial score (nSPS) is 29.1. The Morgan fingerprint density at radius 1 is 1.30 bits per heavy atom. The molecule has 2 aliphatic heterocycles. The van der Waals surface area contributed by atoms with E-state index < -0.39 is 6.09 Å². The minimum absolute atomic E-state index is 0.123. The Bertz CT molecular complexity index is 482. The number of fused-ring (bicyclic) bond motifs is 2. The largest absolute Gasteiger partial charge is 0.465 e. The summed E-state index contributed by atoms with van der Waals surface area (Å²) in [5.41, 5.74) is 0. The molecule has 3 rings (SSSR count). The lowest BCUT2D eigenvalue weighted by Gasteiger charge is -2.47. The minimum atomic E-state index is -0.788. The van der Waals surface area contributed by atoms with Crippen molar-refractivity contribution in [2.24, 2.45) is 0 Å². The van der Waals surface area contributed by atoms with E-state index in [0.717, 1.165) is 32.1 Å². The fourth-order valence-electron chi connectivity index (χ4n) is 3.41. The van der Waals surface area contributed by atoms with Crippen LogP contribution in [-0.2, 0) is 0 Å². The Morgan fingerprint density at radius 2 is 2.00 bits per heavy atom. The van der Waals surface area contributed by atoms with Crippen molar-refractivity contribution in [1.82, 2.24) is 15.1 Å². The molecule has 0 aromatic carbocycles. The van der Waals surface area contributed by atoms with Crippen LogP contribution in [0.15, 0.2) is 12.1 Å². The standard InChI is InChI=1S/C13H17ClN4O2/c14-11-4-5-12(17-16-11)15-8-6-9-2-1-3-10(7-8)18(9)13(19)20/h4-5,8-10H,1-3,6-7H2,(H,15,17)(H,19,20)/t8-,9-,10+. The molecule has 108 valence electrons. The third kappa shape index (κ3) is 2.65. The van der Waals surface area contributed by atoms with E-state index in [2.05, 4.69) is 15.5 Å². The lowest BCUT2D eigenvalue weighted by molar-refractivity contribution is 0.0385. The predicted molar refractivity (Wildman–Crippen MR) is 75.0 cm³/mol. The number of nitrogens with zero attached hydrogens (tertiary/aromatic N) is 3. The molecule has 20 heavy (non-hydrogen) atoms. The fourth-order valence-corrected chi connectivity index (χ4v) is 3.51. The van der Waals surface area contributed by atoms with Gasteiger partial charge in [-0.1, -0.05) is 11.6 Å². The highest BCUT2D eigenvalue weighted by Crippen LogP contribution is 2.35. The molecule has 0 saturated carbocycles. The van der Waals surface area contributed by atoms with E-state index in [4.69, 9.17) is 11.6 Å². The van der Waals surface area contributed by atoms with Gasteiger partial charge in [-0.25, -0.2) is 4.79 Å². The first-order valence-electron chi connectivity index (χ1n) is 6.90. The Kier molecular flexibility index (Phi) is 3.65. The van der Waals surface area contributed by atoms with E-state index in [1.165, 1.54) is 0 Å². The van der Waals surface area contributed by atoms with Crippen LogP contribution >= 0.6 is 11.6 Å². The van der Waals surface area contributed by atoms with Gasteiger partial charge in [0.05, 0.1) is 0 Å². The summed E-state index contributed by atoms with van der Waals surface area (Å²) in [5.74, 6) is 0.696. The number of rotatable bonds is 2. The lowest BCUT2D eigenvalue weighted by Crippen LogP contribution is -2.56. The van der Waals surface area contributed by atoms with E-state index >= 15 is 0 Å². The number of aromatic nitrogens is 2. The van der Waals surface area contributed by atoms with Crippen LogP contribution in [0.3, 0.4) is 0 Å². The summed E-state index contributed by atoms with van der Waals surface area (Å²) >= 11 is 5.71. The van der Waals surface area contributed by atoms with Gasteiger partial charge in [-0.05, 0) is 44.2 Å². The quantitative estimate of drug-likeness (QED) is 0.877. The van der Waals surface area contributed by atoms with Crippen molar-refractivity contribution >= 4 is 23.5 Å². The van der Waals surface area contributed by atoms with Crippen LogP contribution in [0.1, 0.15) is 32.1 Å². The van der Waals surface area contributed by atoms with Crippen molar-refractivity contribution in [3.05, 3.63) is 17.3 Å². The van der Waals surface area contributed by atoms with Crippen LogP contribution in [0.4, 0.5) is 10.6 Å². The molecule has 0 spiro atoms. The molecule has 2 aliphatic rings. The SMILES string of the molecule is O=C(O)N1[C@@H]2CCC[C@H]1C[C@H](Nc1ccc(Cl)nn1)C2. The highest BCUT2D eigenvalue weighted by atomic mass is 35.5. The third-order valence-corrected chi connectivity index (χ3v) is 4.38. The van der Waals surface area contributed by atoms with Gasteiger partial charge in [0, 0.05) is 18.1 Å². The van der Waals surface area contributed by atoms with E-state index in [0.29, 0.717) is 11.0 Å². The Balaban J connectivity index is 1.68. The number of nitrogens with one attached hydrogen (secondary N) is 1. The molecule has 0 unspecified atom stereocenters. The molecule has 2 bridgehead atoms. The number of carbonyl (C=O) groups is 1. The fraction of sp³-hybridized carbons (Fsp3) is 0.615. The van der Waals surface area contributed by atoms with Gasteiger partial charge in [-0.2, -0.15) is 0 Å². The number of hydrogen-bond donors (Lipinski definition) is 2. The highest BCUT2D eigenvalue weighted by Gasteiger charge is 2.40. The summed E-state index contributed by atoms with van der Waals surface area (Å²) < 4.78 is 0. The second-order valence-electron chi connectivity index (χ2n) is 5.48. The molecule has 3 atom stereocenters. The molecule has 1 aromatic rings. The number of piperidine rings is 2. The zero-order valence-corrected chi connectivity index (χ0v) is 11.8. The van der Waals surface area contributed by atoms with Crippen molar-refractivity contribution in [2.75, 3.05) is 5.32 Å². The topological polar surface area (TPSA) is 78.4 Å². The highest BCUT2D eigenvalue weighted by molar-refractivity contribution is 6.29. The van der Waals surface area contributed by atoms with Crippen LogP contribution in [0.2, 0.25) is 5.15 Å². The molecule has 1 amide bonds. The van der Waals surface area contributed by atoms with Crippen LogP contribution in [-0.4, -0.2) is 44.4 Å². The molecular formula is C13H17ClN4O2. The summed E-state index contributed by atoms with van der Waals surface area (Å²) in [6, 6.07) is 3.99. The molecular weight excluding hydrogens is 280 g/mol. The van der Waals surface area contributed by atoms with Gasteiger partial charge in [-0.15, -0.1) is 10.2 Å². The molecule has 2 saturated heterocycles. The molecule has 3 heterocycles. The number of anilines is 1. The van der Waals surface area contributed by atoms with Crippen molar-refractivity contribution in [2.45, 2.75) is 50.2 Å².